The van der Waals surface area contributed by atoms with E-state index in [9.17, 15) is 21.6 Å². The molecule has 1 aliphatic carbocycles. The molecule has 12 heteroatoms. The van der Waals surface area contributed by atoms with Crippen molar-refractivity contribution in [2.75, 3.05) is 25.0 Å². The fraction of sp³-hybridized carbons (Fsp3) is 0.647. The summed E-state index contributed by atoms with van der Waals surface area (Å²) in [5.74, 6) is -1.92. The Labute approximate surface area is 166 Å². The van der Waals surface area contributed by atoms with Crippen molar-refractivity contribution in [3.8, 4) is 0 Å². The van der Waals surface area contributed by atoms with E-state index in [4.69, 9.17) is 14.6 Å². The topological polar surface area (TPSA) is 109 Å². The third kappa shape index (κ3) is 5.37. The molecule has 3 fully saturated rings. The van der Waals surface area contributed by atoms with Crippen molar-refractivity contribution in [3.05, 3.63) is 24.4 Å². The fourth-order valence-corrected chi connectivity index (χ4v) is 5.40. The summed E-state index contributed by atoms with van der Waals surface area (Å²) >= 11 is 0. The zero-order chi connectivity index (χ0) is 21.3. The number of sulfonamides is 1. The number of hydrogen-bond donors (Lipinski definition) is 2. The van der Waals surface area contributed by atoms with Gasteiger partial charge in [-0.15, -0.1) is 0 Å². The number of carboxylic acid groups (broad SMARTS) is 1. The maximum atomic E-state index is 12.4. The lowest BCUT2D eigenvalue weighted by atomic mass is 9.97. The molecule has 0 bridgehead atoms. The van der Waals surface area contributed by atoms with E-state index in [1.807, 2.05) is 18.2 Å². The highest BCUT2D eigenvalue weighted by Gasteiger charge is 2.51. The lowest BCUT2D eigenvalue weighted by Gasteiger charge is -2.23. The zero-order valence-electron chi connectivity index (χ0n) is 15.4. The number of carbonyl (C=O) groups is 1. The van der Waals surface area contributed by atoms with Crippen molar-refractivity contribution in [2.24, 2.45) is 0 Å². The summed E-state index contributed by atoms with van der Waals surface area (Å²) in [6.45, 7) is 1.70. The van der Waals surface area contributed by atoms with E-state index in [0.717, 1.165) is 31.5 Å². The fourth-order valence-electron chi connectivity index (χ4n) is 3.48. The lowest BCUT2D eigenvalue weighted by Crippen LogP contribution is -2.37. The summed E-state index contributed by atoms with van der Waals surface area (Å²) in [7, 11) is -3.08. The first kappa shape index (κ1) is 21.8. The summed E-state index contributed by atoms with van der Waals surface area (Å²) < 4.78 is 64.1. The van der Waals surface area contributed by atoms with Gasteiger partial charge in [0.15, 0.2) is 0 Å². The number of aliphatic carboxylic acids is 1. The Morgan fingerprint density at radius 1 is 1.34 bits per heavy atom. The van der Waals surface area contributed by atoms with Gasteiger partial charge in [0.2, 0.25) is 10.0 Å². The van der Waals surface area contributed by atoms with Crippen molar-refractivity contribution in [1.29, 1.82) is 0 Å². The Hall–Kier alpha value is -1.92. The van der Waals surface area contributed by atoms with Crippen molar-refractivity contribution in [2.45, 2.75) is 48.8 Å². The number of nitrogens with one attached hydrogen (secondary N) is 1. The minimum Gasteiger partial charge on any atom is -0.475 e. The van der Waals surface area contributed by atoms with Crippen LogP contribution in [0.1, 0.15) is 25.7 Å². The maximum absolute atomic E-state index is 12.4. The molecule has 3 aliphatic rings. The molecule has 0 radical (unpaired) electrons. The predicted octanol–water partition coefficient (Wildman–Crippen LogP) is 1.85. The van der Waals surface area contributed by atoms with Crippen LogP contribution in [0, 0.1) is 0 Å². The SMILES string of the molecule is O=C(O)C(F)(F)F.O=S(=O)(C1CC1)N1CCC2(CC(Nc3ccccn3)CO2)C1. The number of nitrogens with zero attached hydrogens (tertiary/aromatic N) is 2. The van der Waals surface area contributed by atoms with Crippen molar-refractivity contribution in [1.82, 2.24) is 9.29 Å². The van der Waals surface area contributed by atoms with E-state index in [-0.39, 0.29) is 16.9 Å². The minimum atomic E-state index is -5.08. The molecule has 2 unspecified atom stereocenters. The molecule has 2 aliphatic heterocycles. The number of halogens is 3. The molecule has 1 saturated carbocycles. The van der Waals surface area contributed by atoms with Gasteiger partial charge in [0.1, 0.15) is 5.82 Å². The van der Waals surface area contributed by atoms with Gasteiger partial charge in [0.25, 0.3) is 0 Å². The molecule has 1 spiro atoms. The van der Waals surface area contributed by atoms with Crippen LogP contribution < -0.4 is 5.32 Å². The number of hydrogen-bond acceptors (Lipinski definition) is 6. The highest BCUT2D eigenvalue weighted by molar-refractivity contribution is 7.90. The van der Waals surface area contributed by atoms with Gasteiger partial charge in [-0.3, -0.25) is 0 Å². The molecule has 0 aromatic carbocycles. The van der Waals surface area contributed by atoms with Gasteiger partial charge in [-0.05, 0) is 31.4 Å². The number of alkyl halides is 3. The molecule has 2 N–H and O–H groups in total. The average molecular weight is 437 g/mol. The molecule has 162 valence electrons. The Bertz CT molecular complexity index is 832. The molecule has 2 saturated heterocycles. The molecule has 1 aromatic heterocycles. The normalized spacial score (nSPS) is 27.5. The first-order valence-corrected chi connectivity index (χ1v) is 10.6. The smallest absolute Gasteiger partial charge is 0.475 e. The predicted molar refractivity (Wildman–Crippen MR) is 96.8 cm³/mol. The van der Waals surface area contributed by atoms with Crippen LogP contribution in [0.4, 0.5) is 19.0 Å². The highest BCUT2D eigenvalue weighted by atomic mass is 32.2. The lowest BCUT2D eigenvalue weighted by molar-refractivity contribution is -0.192. The Morgan fingerprint density at radius 3 is 2.59 bits per heavy atom. The highest BCUT2D eigenvalue weighted by Crippen LogP contribution is 2.40. The number of pyridine rings is 1. The number of aromatic nitrogens is 1. The molecule has 8 nitrogen and oxygen atoms in total. The average Bonchev–Trinajstić information content (AvgIpc) is 3.33. The molecule has 0 amide bonds. The molecule has 4 rings (SSSR count). The monoisotopic (exact) mass is 437 g/mol. The van der Waals surface area contributed by atoms with E-state index in [1.165, 1.54) is 0 Å². The summed E-state index contributed by atoms with van der Waals surface area (Å²) in [4.78, 5) is 13.2. The summed E-state index contributed by atoms with van der Waals surface area (Å²) in [6, 6.07) is 5.96. The van der Waals surface area contributed by atoms with Gasteiger partial charge < -0.3 is 15.2 Å². The maximum Gasteiger partial charge on any atom is 0.490 e. The van der Waals surface area contributed by atoms with Crippen LogP contribution in [0.3, 0.4) is 0 Å². The van der Waals surface area contributed by atoms with Crippen LogP contribution in [0.25, 0.3) is 0 Å². The summed E-state index contributed by atoms with van der Waals surface area (Å²) in [6.07, 6.45) is -0.0693. The number of anilines is 1. The summed E-state index contributed by atoms with van der Waals surface area (Å²) in [5, 5.41) is 10.4. The van der Waals surface area contributed by atoms with Gasteiger partial charge in [-0.1, -0.05) is 6.07 Å². The van der Waals surface area contributed by atoms with Gasteiger partial charge in [0, 0.05) is 25.7 Å². The van der Waals surface area contributed by atoms with E-state index in [0.29, 0.717) is 19.7 Å². The Morgan fingerprint density at radius 2 is 2.03 bits per heavy atom. The van der Waals surface area contributed by atoms with Crippen molar-refractivity contribution < 1.29 is 36.2 Å². The van der Waals surface area contributed by atoms with E-state index >= 15 is 0 Å². The van der Waals surface area contributed by atoms with E-state index < -0.39 is 22.2 Å². The second kappa shape index (κ2) is 8.07. The second-order valence-electron chi connectivity index (χ2n) is 7.39. The van der Waals surface area contributed by atoms with Crippen LogP contribution in [0.2, 0.25) is 0 Å². The number of carboxylic acids is 1. The molecule has 2 atom stereocenters. The molecule has 29 heavy (non-hydrogen) atoms. The van der Waals surface area contributed by atoms with Crippen LogP contribution in [-0.2, 0) is 19.6 Å². The van der Waals surface area contributed by atoms with Crippen LogP contribution in [-0.4, -0.2) is 71.5 Å². The number of rotatable bonds is 4. The second-order valence-corrected chi connectivity index (χ2v) is 9.60. The molecular weight excluding hydrogens is 415 g/mol. The quantitative estimate of drug-likeness (QED) is 0.740. The van der Waals surface area contributed by atoms with Gasteiger partial charge in [0.05, 0.1) is 23.5 Å². The van der Waals surface area contributed by atoms with Gasteiger partial charge in [-0.25, -0.2) is 18.2 Å². The standard InChI is InChI=1S/C15H21N3O3S.C2HF3O2/c19-22(20,13-4-5-13)18-8-6-15(11-18)9-12(10-21-15)17-14-3-1-2-7-16-14;3-2(4,5)1(6)7/h1-3,7,12-13H,4-6,8-11H2,(H,16,17);(H,6,7). The molecule has 1 aromatic rings. The van der Waals surface area contributed by atoms with Crippen LogP contribution >= 0.6 is 0 Å². The van der Waals surface area contributed by atoms with Crippen LogP contribution in [0.5, 0.6) is 0 Å². The third-order valence-electron chi connectivity index (χ3n) is 5.06. The van der Waals surface area contributed by atoms with Crippen molar-refractivity contribution >= 4 is 21.8 Å². The van der Waals surface area contributed by atoms with Crippen molar-refractivity contribution in [3.63, 3.8) is 0 Å². The van der Waals surface area contributed by atoms with E-state index in [2.05, 4.69) is 10.3 Å². The first-order valence-electron chi connectivity index (χ1n) is 9.12. The largest absolute Gasteiger partial charge is 0.490 e. The van der Waals surface area contributed by atoms with Gasteiger partial charge in [-0.2, -0.15) is 17.5 Å². The number of ether oxygens (including phenoxy) is 1. The first-order chi connectivity index (χ1) is 13.5. The Kier molecular flexibility index (Phi) is 6.06. The van der Waals surface area contributed by atoms with Gasteiger partial charge >= 0.3 is 12.1 Å². The molecular formula is C17H22F3N3O5S. The zero-order valence-corrected chi connectivity index (χ0v) is 16.2. The van der Waals surface area contributed by atoms with Crippen LogP contribution in [0.15, 0.2) is 24.4 Å². The molecule has 3 heterocycles. The summed E-state index contributed by atoms with van der Waals surface area (Å²) in [5.41, 5.74) is -0.311. The Balaban J connectivity index is 0.000000298. The minimum absolute atomic E-state index is 0.133. The van der Waals surface area contributed by atoms with E-state index in [1.54, 1.807) is 10.5 Å². The third-order valence-corrected chi connectivity index (χ3v) is 7.40.